The van der Waals surface area contributed by atoms with Gasteiger partial charge in [0.25, 0.3) is 5.91 Å². The molecule has 0 saturated carbocycles. The fourth-order valence-corrected chi connectivity index (χ4v) is 4.68. The van der Waals surface area contributed by atoms with Crippen LogP contribution in [0.2, 0.25) is 10.0 Å². The first-order valence-electron chi connectivity index (χ1n) is 9.49. The summed E-state index contributed by atoms with van der Waals surface area (Å²) in [5.41, 5.74) is 3.91. The van der Waals surface area contributed by atoms with E-state index in [4.69, 9.17) is 23.2 Å². The van der Waals surface area contributed by atoms with Crippen LogP contribution in [0, 0.1) is 0 Å². The summed E-state index contributed by atoms with van der Waals surface area (Å²) >= 11 is 14.4. The minimum Gasteiger partial charge on any atom is -0.321 e. The maximum atomic E-state index is 12.8. The van der Waals surface area contributed by atoms with Crippen molar-refractivity contribution in [3.05, 3.63) is 81.8 Å². The summed E-state index contributed by atoms with van der Waals surface area (Å²) in [6, 6.07) is 18.9. The van der Waals surface area contributed by atoms with Gasteiger partial charge < -0.3 is 5.32 Å². The van der Waals surface area contributed by atoms with E-state index >= 15 is 0 Å². The summed E-state index contributed by atoms with van der Waals surface area (Å²) in [6.07, 6.45) is 0. The molecular weight excluding hydrogens is 435 g/mol. The Balaban J connectivity index is 1.64. The fraction of sp³-hybridized carbons (Fsp3) is 0.167. The van der Waals surface area contributed by atoms with Gasteiger partial charge in [-0.2, -0.15) is 0 Å². The zero-order valence-corrected chi connectivity index (χ0v) is 19.1. The van der Waals surface area contributed by atoms with Crippen molar-refractivity contribution in [3.8, 4) is 10.6 Å². The summed E-state index contributed by atoms with van der Waals surface area (Å²) in [4.78, 5) is 17.4. The molecule has 30 heavy (non-hydrogen) atoms. The molecule has 0 unspecified atom stereocenters. The third-order valence-corrected chi connectivity index (χ3v) is 6.54. The Morgan fingerprint density at radius 3 is 2.33 bits per heavy atom. The van der Waals surface area contributed by atoms with Crippen molar-refractivity contribution in [2.24, 2.45) is 0 Å². The first kappa shape index (κ1) is 20.9. The number of rotatable bonds is 3. The molecule has 6 heteroatoms. The molecule has 1 heterocycles. The van der Waals surface area contributed by atoms with Crippen LogP contribution in [0.1, 0.15) is 36.7 Å². The topological polar surface area (TPSA) is 42.0 Å². The third-order valence-electron chi connectivity index (χ3n) is 4.84. The molecule has 0 aliphatic rings. The van der Waals surface area contributed by atoms with Crippen LogP contribution < -0.4 is 5.32 Å². The number of carbonyl (C=O) groups is 1. The lowest BCUT2D eigenvalue weighted by molar-refractivity contribution is 0.102. The highest BCUT2D eigenvalue weighted by atomic mass is 35.5. The highest BCUT2D eigenvalue weighted by Gasteiger charge is 2.17. The van der Waals surface area contributed by atoms with Gasteiger partial charge in [-0.1, -0.05) is 68.2 Å². The third kappa shape index (κ3) is 4.22. The minimum absolute atomic E-state index is 0.0284. The monoisotopic (exact) mass is 454 g/mol. The number of nitrogens with zero attached hydrogens (tertiary/aromatic N) is 1. The smallest absolute Gasteiger partial charge is 0.255 e. The van der Waals surface area contributed by atoms with E-state index < -0.39 is 0 Å². The molecular formula is C24H20Cl2N2OS. The minimum atomic E-state index is -0.227. The van der Waals surface area contributed by atoms with Gasteiger partial charge in [0.05, 0.1) is 25.9 Å². The molecule has 1 amide bonds. The van der Waals surface area contributed by atoms with Crippen molar-refractivity contribution in [1.29, 1.82) is 0 Å². The van der Waals surface area contributed by atoms with Gasteiger partial charge in [0, 0.05) is 11.1 Å². The Bertz CT molecular complexity index is 1210. The van der Waals surface area contributed by atoms with Crippen LogP contribution in [0.25, 0.3) is 20.8 Å². The average molecular weight is 455 g/mol. The van der Waals surface area contributed by atoms with Crippen molar-refractivity contribution >= 4 is 56.3 Å². The van der Waals surface area contributed by atoms with Crippen LogP contribution in [0.4, 0.5) is 5.69 Å². The summed E-state index contributed by atoms with van der Waals surface area (Å²) < 4.78 is 1.07. The number of aromatic nitrogens is 1. The van der Waals surface area contributed by atoms with E-state index in [1.807, 2.05) is 48.5 Å². The highest BCUT2D eigenvalue weighted by molar-refractivity contribution is 7.21. The maximum Gasteiger partial charge on any atom is 0.255 e. The number of para-hydroxylation sites is 1. The lowest BCUT2D eigenvalue weighted by atomic mass is 9.87. The Kier molecular flexibility index (Phi) is 5.58. The SMILES string of the molecule is CC(C)(C)c1ccc(C(=O)Nc2cc(-c3nc4ccccc4s3)c(Cl)cc2Cl)cc1. The molecule has 4 aromatic rings. The van der Waals surface area contributed by atoms with E-state index in [1.165, 1.54) is 5.56 Å². The number of thiazole rings is 1. The second-order valence-corrected chi connectivity index (χ2v) is 9.93. The predicted molar refractivity (Wildman–Crippen MR) is 128 cm³/mol. The first-order chi connectivity index (χ1) is 14.2. The Morgan fingerprint density at radius 2 is 1.67 bits per heavy atom. The normalized spacial score (nSPS) is 11.6. The van der Waals surface area contributed by atoms with Gasteiger partial charge in [-0.3, -0.25) is 4.79 Å². The van der Waals surface area contributed by atoms with E-state index in [1.54, 1.807) is 23.5 Å². The lowest BCUT2D eigenvalue weighted by Gasteiger charge is -2.19. The van der Waals surface area contributed by atoms with Gasteiger partial charge in [-0.25, -0.2) is 4.98 Å². The van der Waals surface area contributed by atoms with E-state index in [2.05, 4.69) is 31.1 Å². The summed E-state index contributed by atoms with van der Waals surface area (Å²) in [6.45, 7) is 6.41. The number of anilines is 1. The zero-order chi connectivity index (χ0) is 21.5. The van der Waals surface area contributed by atoms with Crippen LogP contribution in [-0.2, 0) is 5.41 Å². The van der Waals surface area contributed by atoms with Crippen LogP contribution in [-0.4, -0.2) is 10.9 Å². The standard InChI is InChI=1S/C24H20Cl2N2OS/c1-24(2,3)15-10-8-14(9-11-15)22(29)27-20-12-16(17(25)13-18(20)26)23-28-19-6-4-5-7-21(19)30-23/h4-13H,1-3H3,(H,27,29). The molecule has 0 fully saturated rings. The number of nitrogens with one attached hydrogen (secondary N) is 1. The van der Waals surface area contributed by atoms with E-state index in [-0.39, 0.29) is 11.3 Å². The van der Waals surface area contributed by atoms with Crippen LogP contribution >= 0.6 is 34.5 Å². The Morgan fingerprint density at radius 1 is 0.967 bits per heavy atom. The molecule has 0 aliphatic heterocycles. The molecule has 1 aromatic heterocycles. The Labute approximate surface area is 189 Å². The van der Waals surface area contributed by atoms with Crippen molar-refractivity contribution < 1.29 is 4.79 Å². The van der Waals surface area contributed by atoms with Crippen LogP contribution in [0.15, 0.2) is 60.7 Å². The van der Waals surface area contributed by atoms with E-state index in [0.29, 0.717) is 21.3 Å². The highest BCUT2D eigenvalue weighted by Crippen LogP contribution is 2.39. The number of amides is 1. The average Bonchev–Trinajstić information content (AvgIpc) is 3.13. The summed E-state index contributed by atoms with van der Waals surface area (Å²) in [5.74, 6) is -0.227. The van der Waals surface area contributed by atoms with Gasteiger partial charge in [0.15, 0.2) is 0 Å². The first-order valence-corrected chi connectivity index (χ1v) is 11.1. The molecule has 0 bridgehead atoms. The van der Waals surface area contributed by atoms with Gasteiger partial charge >= 0.3 is 0 Å². The number of halogens is 2. The van der Waals surface area contributed by atoms with Crippen molar-refractivity contribution in [2.45, 2.75) is 26.2 Å². The van der Waals surface area contributed by atoms with E-state index in [9.17, 15) is 4.79 Å². The maximum absolute atomic E-state index is 12.8. The van der Waals surface area contributed by atoms with E-state index in [0.717, 1.165) is 20.8 Å². The number of fused-ring (bicyclic) bond motifs is 1. The second kappa shape index (κ2) is 8.03. The van der Waals surface area contributed by atoms with Crippen molar-refractivity contribution in [3.63, 3.8) is 0 Å². The number of hydrogen-bond acceptors (Lipinski definition) is 3. The molecule has 4 rings (SSSR count). The quantitative estimate of drug-likeness (QED) is 0.342. The number of carbonyl (C=O) groups excluding carboxylic acids is 1. The molecule has 0 radical (unpaired) electrons. The second-order valence-electron chi connectivity index (χ2n) is 8.08. The van der Waals surface area contributed by atoms with Crippen molar-refractivity contribution in [1.82, 2.24) is 4.98 Å². The molecule has 3 nitrogen and oxygen atoms in total. The van der Waals surface area contributed by atoms with Gasteiger partial charge in [-0.05, 0) is 47.4 Å². The molecule has 152 valence electrons. The van der Waals surface area contributed by atoms with Gasteiger partial charge in [0.2, 0.25) is 0 Å². The molecule has 1 N–H and O–H groups in total. The number of benzene rings is 3. The predicted octanol–water partition coefficient (Wildman–Crippen LogP) is 7.82. The summed E-state index contributed by atoms with van der Waals surface area (Å²) in [5, 5.41) is 4.56. The largest absolute Gasteiger partial charge is 0.321 e. The molecule has 0 aliphatic carbocycles. The van der Waals surface area contributed by atoms with Crippen molar-refractivity contribution in [2.75, 3.05) is 5.32 Å². The van der Waals surface area contributed by atoms with Gasteiger partial charge in [-0.15, -0.1) is 11.3 Å². The zero-order valence-electron chi connectivity index (χ0n) is 16.8. The molecule has 0 atom stereocenters. The molecule has 0 spiro atoms. The molecule has 0 saturated heterocycles. The lowest BCUT2D eigenvalue weighted by Crippen LogP contribution is -2.14. The summed E-state index contributed by atoms with van der Waals surface area (Å²) in [7, 11) is 0. The Hall–Kier alpha value is -2.40. The van der Waals surface area contributed by atoms with Crippen LogP contribution in [0.5, 0.6) is 0 Å². The number of hydrogen-bond donors (Lipinski definition) is 1. The fourth-order valence-electron chi connectivity index (χ4n) is 3.11. The molecule has 3 aromatic carbocycles. The van der Waals surface area contributed by atoms with Gasteiger partial charge in [0.1, 0.15) is 5.01 Å². The van der Waals surface area contributed by atoms with Crippen LogP contribution in [0.3, 0.4) is 0 Å².